The van der Waals surface area contributed by atoms with E-state index in [0.717, 1.165) is 0 Å². The fourth-order valence-corrected chi connectivity index (χ4v) is 3.58. The van der Waals surface area contributed by atoms with Crippen LogP contribution >= 0.6 is 0 Å². The number of hydrogen-bond donors (Lipinski definition) is 1. The van der Waals surface area contributed by atoms with Crippen LogP contribution in [0.15, 0.2) is 65.6 Å². The minimum absolute atomic E-state index is 0.0523. The smallest absolute Gasteiger partial charge is 0.325 e. The molecule has 0 aliphatic carbocycles. The SMILES string of the molecule is CCOC(=O)C(C#N)C(NS(=O)(=O)c1ccccc1)c1ccccc1. The lowest BCUT2D eigenvalue weighted by Crippen LogP contribution is -2.37. The van der Waals surface area contributed by atoms with Crippen LogP contribution in [0.5, 0.6) is 0 Å². The van der Waals surface area contributed by atoms with E-state index in [2.05, 4.69) is 4.72 Å². The number of rotatable bonds is 7. The fourth-order valence-electron chi connectivity index (χ4n) is 2.32. The Labute approximate surface area is 147 Å². The summed E-state index contributed by atoms with van der Waals surface area (Å²) in [6.07, 6.45) is 0. The van der Waals surface area contributed by atoms with Crippen molar-refractivity contribution in [3.05, 3.63) is 66.2 Å². The summed E-state index contributed by atoms with van der Waals surface area (Å²) >= 11 is 0. The van der Waals surface area contributed by atoms with E-state index < -0.39 is 28.0 Å². The third kappa shape index (κ3) is 4.66. The van der Waals surface area contributed by atoms with Crippen LogP contribution in [-0.4, -0.2) is 21.0 Å². The van der Waals surface area contributed by atoms with Crippen LogP contribution in [0.25, 0.3) is 0 Å². The number of nitrogens with one attached hydrogen (secondary N) is 1. The lowest BCUT2D eigenvalue weighted by atomic mass is 9.95. The molecule has 1 N–H and O–H groups in total. The van der Waals surface area contributed by atoms with E-state index in [-0.39, 0.29) is 11.5 Å². The Morgan fingerprint density at radius 3 is 2.20 bits per heavy atom. The van der Waals surface area contributed by atoms with Crippen LogP contribution in [0.2, 0.25) is 0 Å². The van der Waals surface area contributed by atoms with Gasteiger partial charge in [0, 0.05) is 0 Å². The highest BCUT2D eigenvalue weighted by atomic mass is 32.2. The van der Waals surface area contributed by atoms with Gasteiger partial charge in [0.1, 0.15) is 0 Å². The molecule has 0 aliphatic heterocycles. The second-order valence-electron chi connectivity index (χ2n) is 5.18. The first-order valence-electron chi connectivity index (χ1n) is 7.68. The Morgan fingerprint density at radius 2 is 1.68 bits per heavy atom. The third-order valence-electron chi connectivity index (χ3n) is 3.51. The average Bonchev–Trinajstić information content (AvgIpc) is 2.63. The molecule has 0 saturated carbocycles. The van der Waals surface area contributed by atoms with E-state index in [1.807, 2.05) is 6.07 Å². The van der Waals surface area contributed by atoms with Crippen molar-refractivity contribution in [2.75, 3.05) is 6.61 Å². The van der Waals surface area contributed by atoms with Gasteiger partial charge >= 0.3 is 5.97 Å². The van der Waals surface area contributed by atoms with Crippen LogP contribution in [0, 0.1) is 17.2 Å². The van der Waals surface area contributed by atoms with Gasteiger partial charge in [-0.15, -0.1) is 0 Å². The molecular formula is C18H18N2O4S. The molecule has 0 bridgehead atoms. The van der Waals surface area contributed by atoms with Crippen LogP contribution < -0.4 is 4.72 Å². The van der Waals surface area contributed by atoms with E-state index in [9.17, 15) is 18.5 Å². The van der Waals surface area contributed by atoms with E-state index in [1.54, 1.807) is 55.5 Å². The summed E-state index contributed by atoms with van der Waals surface area (Å²) in [5.74, 6) is -2.07. The maximum atomic E-state index is 12.6. The van der Waals surface area contributed by atoms with Gasteiger partial charge in [-0.05, 0) is 24.6 Å². The fraction of sp³-hybridized carbons (Fsp3) is 0.222. The summed E-state index contributed by atoms with van der Waals surface area (Å²) in [4.78, 5) is 12.2. The van der Waals surface area contributed by atoms with Crippen molar-refractivity contribution in [3.8, 4) is 6.07 Å². The first-order chi connectivity index (χ1) is 12.0. The Kier molecular flexibility index (Phi) is 6.28. The lowest BCUT2D eigenvalue weighted by Gasteiger charge is -2.22. The van der Waals surface area contributed by atoms with Crippen molar-refractivity contribution in [3.63, 3.8) is 0 Å². The molecule has 0 saturated heterocycles. The average molecular weight is 358 g/mol. The molecule has 2 rings (SSSR count). The van der Waals surface area contributed by atoms with Gasteiger partial charge in [-0.25, -0.2) is 13.1 Å². The number of sulfonamides is 1. The van der Waals surface area contributed by atoms with Gasteiger partial charge in [0.15, 0.2) is 5.92 Å². The third-order valence-corrected chi connectivity index (χ3v) is 4.96. The number of carbonyl (C=O) groups excluding carboxylic acids is 1. The highest BCUT2D eigenvalue weighted by Crippen LogP contribution is 2.25. The minimum atomic E-state index is -3.92. The first-order valence-corrected chi connectivity index (χ1v) is 9.16. The van der Waals surface area contributed by atoms with Crippen molar-refractivity contribution in [1.82, 2.24) is 4.72 Å². The van der Waals surface area contributed by atoms with E-state index >= 15 is 0 Å². The summed E-state index contributed by atoms with van der Waals surface area (Å²) < 4.78 is 32.7. The zero-order valence-electron chi connectivity index (χ0n) is 13.6. The maximum Gasteiger partial charge on any atom is 0.325 e. The van der Waals surface area contributed by atoms with E-state index in [0.29, 0.717) is 5.56 Å². The van der Waals surface area contributed by atoms with Crippen molar-refractivity contribution in [1.29, 1.82) is 5.26 Å². The van der Waals surface area contributed by atoms with Crippen molar-refractivity contribution < 1.29 is 17.9 Å². The first kappa shape index (κ1) is 18.6. The molecule has 0 spiro atoms. The summed E-state index contributed by atoms with van der Waals surface area (Å²) in [7, 11) is -3.92. The second-order valence-corrected chi connectivity index (χ2v) is 6.90. The predicted molar refractivity (Wildman–Crippen MR) is 91.7 cm³/mol. The highest BCUT2D eigenvalue weighted by molar-refractivity contribution is 7.89. The topological polar surface area (TPSA) is 96.3 Å². The minimum Gasteiger partial charge on any atom is -0.465 e. The number of ether oxygens (including phenoxy) is 1. The molecule has 0 aliphatic rings. The normalized spacial score (nSPS) is 13.4. The molecule has 0 aromatic heterocycles. The van der Waals surface area contributed by atoms with Gasteiger partial charge < -0.3 is 4.74 Å². The Morgan fingerprint density at radius 1 is 1.12 bits per heavy atom. The summed E-state index contributed by atoms with van der Waals surface area (Å²) in [6.45, 7) is 1.72. The van der Waals surface area contributed by atoms with Crippen LogP contribution in [0.3, 0.4) is 0 Å². The quantitative estimate of drug-likeness (QED) is 0.767. The Bertz CT molecular complexity index is 846. The zero-order chi connectivity index (χ0) is 18.3. The molecule has 25 heavy (non-hydrogen) atoms. The monoisotopic (exact) mass is 358 g/mol. The molecule has 0 amide bonds. The molecule has 6 nitrogen and oxygen atoms in total. The zero-order valence-corrected chi connectivity index (χ0v) is 14.4. The number of hydrogen-bond acceptors (Lipinski definition) is 5. The highest BCUT2D eigenvalue weighted by Gasteiger charge is 2.34. The lowest BCUT2D eigenvalue weighted by molar-refractivity contribution is -0.146. The molecule has 0 heterocycles. The molecule has 7 heteroatoms. The largest absolute Gasteiger partial charge is 0.465 e. The van der Waals surface area contributed by atoms with E-state index in [4.69, 9.17) is 4.74 Å². The van der Waals surface area contributed by atoms with Crippen molar-refractivity contribution in [2.45, 2.75) is 17.9 Å². The molecule has 130 valence electrons. The van der Waals surface area contributed by atoms with Gasteiger partial charge in [0.2, 0.25) is 10.0 Å². The Balaban J connectivity index is 2.42. The number of esters is 1. The Hall–Kier alpha value is -2.69. The van der Waals surface area contributed by atoms with Gasteiger partial charge in [0.25, 0.3) is 0 Å². The molecular weight excluding hydrogens is 340 g/mol. The van der Waals surface area contributed by atoms with Crippen LogP contribution in [-0.2, 0) is 19.6 Å². The summed E-state index contributed by atoms with van der Waals surface area (Å²) in [5, 5.41) is 9.44. The number of carbonyl (C=O) groups is 1. The molecule has 2 atom stereocenters. The predicted octanol–water partition coefficient (Wildman–Crippen LogP) is 2.41. The van der Waals surface area contributed by atoms with Crippen molar-refractivity contribution >= 4 is 16.0 Å². The van der Waals surface area contributed by atoms with Crippen LogP contribution in [0.4, 0.5) is 0 Å². The van der Waals surface area contributed by atoms with E-state index in [1.165, 1.54) is 12.1 Å². The standard InChI is InChI=1S/C18H18N2O4S/c1-2-24-18(21)16(13-19)17(14-9-5-3-6-10-14)20-25(22,23)15-11-7-4-8-12-15/h3-12,16-17,20H,2H2,1H3. The van der Waals surface area contributed by atoms with Gasteiger partial charge in [-0.2, -0.15) is 5.26 Å². The van der Waals surface area contributed by atoms with Gasteiger partial charge in [0.05, 0.1) is 23.6 Å². The molecule has 2 aromatic rings. The molecule has 0 fully saturated rings. The van der Waals surface area contributed by atoms with Crippen molar-refractivity contribution in [2.24, 2.45) is 5.92 Å². The number of benzene rings is 2. The summed E-state index contributed by atoms with van der Waals surface area (Å²) in [5.41, 5.74) is 0.501. The molecule has 0 radical (unpaired) electrons. The van der Waals surface area contributed by atoms with Crippen LogP contribution in [0.1, 0.15) is 18.5 Å². The molecule has 2 unspecified atom stereocenters. The number of nitriles is 1. The number of nitrogens with zero attached hydrogens (tertiary/aromatic N) is 1. The molecule has 2 aromatic carbocycles. The summed E-state index contributed by atoms with van der Waals surface area (Å²) in [6, 6.07) is 17.1. The van der Waals surface area contributed by atoms with Gasteiger partial charge in [-0.3, -0.25) is 4.79 Å². The van der Waals surface area contributed by atoms with Gasteiger partial charge in [-0.1, -0.05) is 48.5 Å². The second kappa shape index (κ2) is 8.42. The maximum absolute atomic E-state index is 12.6.